The Morgan fingerprint density at radius 1 is 1.07 bits per heavy atom. The van der Waals surface area contributed by atoms with E-state index in [0.29, 0.717) is 28.2 Å². The number of nitrogens with one attached hydrogen (secondary N) is 1. The molecule has 152 valence electrons. The monoisotopic (exact) mass is 413 g/mol. The molecule has 2 aromatic carbocycles. The Balaban J connectivity index is 1.72. The van der Waals surface area contributed by atoms with Gasteiger partial charge in [0.2, 0.25) is 11.8 Å². The number of aryl methyl sites for hydroxylation is 2. The van der Waals surface area contributed by atoms with Crippen molar-refractivity contribution in [2.75, 3.05) is 19.5 Å². The van der Waals surface area contributed by atoms with Crippen LogP contribution in [0.5, 0.6) is 11.5 Å². The molecule has 3 rings (SSSR count). The maximum Gasteiger partial charge on any atom is 0.277 e. The van der Waals surface area contributed by atoms with Crippen LogP contribution in [0.4, 0.5) is 5.69 Å². The Hall–Kier alpha value is -3.00. The van der Waals surface area contributed by atoms with Gasteiger partial charge in [0.05, 0.1) is 19.5 Å². The normalized spacial score (nSPS) is 11.8. The van der Waals surface area contributed by atoms with E-state index in [1.807, 2.05) is 32.0 Å². The van der Waals surface area contributed by atoms with Crippen LogP contribution in [0.2, 0.25) is 0 Å². The standard InChI is InChI=1S/C21H23N3O4S/c1-12-7-6-8-13(2)18(12)22-19(25)14(3)29-21-24-23-20(28-21)15-9-16(26-4)11-17(10-15)27-5/h6-11,14H,1-5H3,(H,22,25)/t14-/m0/s1. The first-order valence-electron chi connectivity index (χ1n) is 9.02. The molecule has 1 N–H and O–H groups in total. The number of rotatable bonds is 7. The first kappa shape index (κ1) is 20.7. The van der Waals surface area contributed by atoms with Gasteiger partial charge in [-0.25, -0.2) is 0 Å². The number of thioether (sulfide) groups is 1. The molecule has 1 aromatic heterocycles. The molecule has 0 aliphatic carbocycles. The van der Waals surface area contributed by atoms with Crippen molar-refractivity contribution in [2.45, 2.75) is 31.2 Å². The first-order chi connectivity index (χ1) is 13.9. The van der Waals surface area contributed by atoms with Gasteiger partial charge in [0.25, 0.3) is 5.22 Å². The molecule has 0 saturated heterocycles. The minimum Gasteiger partial charge on any atom is -0.497 e. The Morgan fingerprint density at radius 3 is 2.28 bits per heavy atom. The van der Waals surface area contributed by atoms with Crippen molar-refractivity contribution in [1.82, 2.24) is 10.2 Å². The molecule has 7 nitrogen and oxygen atoms in total. The summed E-state index contributed by atoms with van der Waals surface area (Å²) in [5.41, 5.74) is 3.54. The number of methoxy groups -OCH3 is 2. The minimum absolute atomic E-state index is 0.129. The molecule has 29 heavy (non-hydrogen) atoms. The second-order valence-corrected chi connectivity index (χ2v) is 7.78. The summed E-state index contributed by atoms with van der Waals surface area (Å²) in [6, 6.07) is 11.2. The molecule has 0 saturated carbocycles. The Kier molecular flexibility index (Phi) is 6.43. The lowest BCUT2D eigenvalue weighted by Crippen LogP contribution is -2.23. The summed E-state index contributed by atoms with van der Waals surface area (Å²) in [5.74, 6) is 1.43. The molecule has 0 radical (unpaired) electrons. The van der Waals surface area contributed by atoms with Gasteiger partial charge in [0.1, 0.15) is 11.5 Å². The van der Waals surface area contributed by atoms with Crippen molar-refractivity contribution >= 4 is 23.4 Å². The van der Waals surface area contributed by atoms with Gasteiger partial charge in [0.15, 0.2) is 0 Å². The molecular formula is C21H23N3O4S. The third-order valence-electron chi connectivity index (χ3n) is 4.38. The summed E-state index contributed by atoms with van der Waals surface area (Å²) < 4.78 is 16.3. The van der Waals surface area contributed by atoms with Crippen molar-refractivity contribution < 1.29 is 18.7 Å². The van der Waals surface area contributed by atoms with Crippen molar-refractivity contribution in [3.8, 4) is 23.0 Å². The third-order valence-corrected chi connectivity index (χ3v) is 5.32. The van der Waals surface area contributed by atoms with Crippen LogP contribution in [0.25, 0.3) is 11.5 Å². The van der Waals surface area contributed by atoms with Crippen LogP contribution < -0.4 is 14.8 Å². The fourth-order valence-corrected chi connectivity index (χ4v) is 3.43. The van der Waals surface area contributed by atoms with Gasteiger partial charge < -0.3 is 19.2 Å². The van der Waals surface area contributed by atoms with E-state index in [2.05, 4.69) is 15.5 Å². The van der Waals surface area contributed by atoms with Crippen LogP contribution in [-0.2, 0) is 4.79 Å². The molecule has 0 fully saturated rings. The van der Waals surface area contributed by atoms with Gasteiger partial charge in [0, 0.05) is 17.3 Å². The molecule has 1 heterocycles. The number of amides is 1. The summed E-state index contributed by atoms with van der Waals surface area (Å²) in [6.45, 7) is 5.73. The zero-order valence-corrected chi connectivity index (χ0v) is 17.8. The number of carbonyl (C=O) groups excluding carboxylic acids is 1. The van der Waals surface area contributed by atoms with Crippen LogP contribution >= 0.6 is 11.8 Å². The molecule has 0 bridgehead atoms. The average Bonchev–Trinajstić information content (AvgIpc) is 3.18. The second-order valence-electron chi connectivity index (χ2n) is 6.49. The van der Waals surface area contributed by atoms with E-state index >= 15 is 0 Å². The predicted octanol–water partition coefficient (Wildman–Crippen LogP) is 4.49. The lowest BCUT2D eigenvalue weighted by atomic mass is 10.1. The quantitative estimate of drug-likeness (QED) is 0.571. The summed E-state index contributed by atoms with van der Waals surface area (Å²) in [7, 11) is 3.15. The number of benzene rings is 2. The lowest BCUT2D eigenvalue weighted by molar-refractivity contribution is -0.115. The number of carbonyl (C=O) groups is 1. The van der Waals surface area contributed by atoms with Crippen molar-refractivity contribution in [3.05, 3.63) is 47.5 Å². The van der Waals surface area contributed by atoms with Crippen LogP contribution in [0.1, 0.15) is 18.1 Å². The number of hydrogen-bond donors (Lipinski definition) is 1. The number of aromatic nitrogens is 2. The molecule has 0 unspecified atom stereocenters. The number of nitrogens with zero attached hydrogens (tertiary/aromatic N) is 2. The molecule has 3 aromatic rings. The molecule has 8 heteroatoms. The summed E-state index contributed by atoms with van der Waals surface area (Å²) in [5, 5.41) is 11.0. The Morgan fingerprint density at radius 2 is 1.69 bits per heavy atom. The maximum absolute atomic E-state index is 12.6. The molecule has 1 amide bonds. The van der Waals surface area contributed by atoms with E-state index in [0.717, 1.165) is 16.8 Å². The predicted molar refractivity (Wildman–Crippen MR) is 113 cm³/mol. The van der Waals surface area contributed by atoms with E-state index in [9.17, 15) is 4.79 Å². The highest BCUT2D eigenvalue weighted by atomic mass is 32.2. The van der Waals surface area contributed by atoms with Crippen LogP contribution in [0, 0.1) is 13.8 Å². The number of ether oxygens (including phenoxy) is 2. The van der Waals surface area contributed by atoms with E-state index in [1.165, 1.54) is 11.8 Å². The molecule has 0 aliphatic rings. The SMILES string of the molecule is COc1cc(OC)cc(-c2nnc(S[C@@H](C)C(=O)Nc3c(C)cccc3C)o2)c1. The van der Waals surface area contributed by atoms with Gasteiger partial charge in [-0.05, 0) is 44.0 Å². The van der Waals surface area contributed by atoms with E-state index in [4.69, 9.17) is 13.9 Å². The summed E-state index contributed by atoms with van der Waals surface area (Å²) >= 11 is 1.20. The van der Waals surface area contributed by atoms with Gasteiger partial charge in [-0.2, -0.15) is 0 Å². The van der Waals surface area contributed by atoms with Crippen LogP contribution in [0.3, 0.4) is 0 Å². The smallest absolute Gasteiger partial charge is 0.277 e. The highest BCUT2D eigenvalue weighted by Gasteiger charge is 2.20. The topological polar surface area (TPSA) is 86.5 Å². The van der Waals surface area contributed by atoms with Crippen molar-refractivity contribution in [3.63, 3.8) is 0 Å². The van der Waals surface area contributed by atoms with Gasteiger partial charge in [-0.3, -0.25) is 4.79 Å². The largest absolute Gasteiger partial charge is 0.497 e. The first-order valence-corrected chi connectivity index (χ1v) is 9.90. The molecule has 0 spiro atoms. The zero-order valence-electron chi connectivity index (χ0n) is 17.0. The second kappa shape index (κ2) is 9.00. The Bertz CT molecular complexity index is 976. The number of anilines is 1. The molecule has 1 atom stereocenters. The minimum atomic E-state index is -0.415. The molecule has 0 aliphatic heterocycles. The van der Waals surface area contributed by atoms with Crippen molar-refractivity contribution in [2.24, 2.45) is 0 Å². The van der Waals surface area contributed by atoms with E-state index in [1.54, 1.807) is 39.3 Å². The van der Waals surface area contributed by atoms with Gasteiger partial charge in [-0.1, -0.05) is 30.0 Å². The molecular weight excluding hydrogens is 390 g/mol. The number of hydrogen-bond acceptors (Lipinski definition) is 7. The average molecular weight is 413 g/mol. The highest BCUT2D eigenvalue weighted by Crippen LogP contribution is 2.32. The fraction of sp³-hybridized carbons (Fsp3) is 0.286. The number of para-hydroxylation sites is 1. The van der Waals surface area contributed by atoms with Gasteiger partial charge >= 0.3 is 0 Å². The third kappa shape index (κ3) is 4.89. The Labute approximate surface area is 173 Å². The fourth-order valence-electron chi connectivity index (χ4n) is 2.75. The zero-order chi connectivity index (χ0) is 21.0. The van der Waals surface area contributed by atoms with Crippen LogP contribution in [-0.4, -0.2) is 35.6 Å². The summed E-state index contributed by atoms with van der Waals surface area (Å²) in [6.07, 6.45) is 0. The van der Waals surface area contributed by atoms with Crippen LogP contribution in [0.15, 0.2) is 46.0 Å². The van der Waals surface area contributed by atoms with E-state index in [-0.39, 0.29) is 5.91 Å². The van der Waals surface area contributed by atoms with Crippen molar-refractivity contribution in [1.29, 1.82) is 0 Å². The van der Waals surface area contributed by atoms with Gasteiger partial charge in [-0.15, -0.1) is 10.2 Å². The lowest BCUT2D eigenvalue weighted by Gasteiger charge is -2.14. The highest BCUT2D eigenvalue weighted by molar-refractivity contribution is 8.00. The van der Waals surface area contributed by atoms with E-state index < -0.39 is 5.25 Å². The summed E-state index contributed by atoms with van der Waals surface area (Å²) in [4.78, 5) is 12.6. The maximum atomic E-state index is 12.6.